The second-order valence-electron chi connectivity index (χ2n) is 2.83. The largest absolute Gasteiger partial charge is 0.381 e. The minimum absolute atomic E-state index is 0.0367. The number of ether oxygens (including phenoxy) is 1. The van der Waals surface area contributed by atoms with Crippen molar-refractivity contribution in [1.82, 2.24) is 0 Å². The van der Waals surface area contributed by atoms with Crippen molar-refractivity contribution in [3.05, 3.63) is 0 Å². The summed E-state index contributed by atoms with van der Waals surface area (Å²) in [6.45, 7) is 5.02. The Hall–Kier alpha value is -1.57. The van der Waals surface area contributed by atoms with Crippen LogP contribution >= 0.6 is 0 Å². The van der Waals surface area contributed by atoms with E-state index in [1.165, 1.54) is 0 Å². The first-order valence-corrected chi connectivity index (χ1v) is 4.94. The van der Waals surface area contributed by atoms with Crippen LogP contribution in [0.2, 0.25) is 0 Å². The lowest BCUT2D eigenvalue weighted by molar-refractivity contribution is 0.153. The van der Waals surface area contributed by atoms with E-state index >= 15 is 0 Å². The van der Waals surface area contributed by atoms with Gasteiger partial charge in [-0.05, 0) is 20.3 Å². The fourth-order valence-electron chi connectivity index (χ4n) is 0.608. The van der Waals surface area contributed by atoms with Crippen molar-refractivity contribution in [2.24, 2.45) is 5.92 Å². The maximum Gasteiger partial charge on any atom is 0.0653 e. The highest BCUT2D eigenvalue weighted by Gasteiger charge is 1.95. The summed E-state index contributed by atoms with van der Waals surface area (Å²) in [5, 5.41) is 24.2. The van der Waals surface area contributed by atoms with Gasteiger partial charge in [0.2, 0.25) is 0 Å². The normalized spacial score (nSPS) is 9.80. The van der Waals surface area contributed by atoms with Gasteiger partial charge in [-0.25, -0.2) is 0 Å². The molecule has 1 atom stereocenters. The zero-order chi connectivity index (χ0) is 11.9. The summed E-state index contributed by atoms with van der Waals surface area (Å²) in [4.78, 5) is 0. The third-order valence-electron chi connectivity index (χ3n) is 1.47. The van der Waals surface area contributed by atoms with Gasteiger partial charge < -0.3 is 4.74 Å². The Labute approximate surface area is 91.7 Å². The van der Waals surface area contributed by atoms with E-state index in [9.17, 15) is 0 Å². The molecule has 0 bridgehead atoms. The van der Waals surface area contributed by atoms with Crippen LogP contribution in [0.1, 0.15) is 33.1 Å². The standard InChI is InChI=1S/C6H8N2.C5H9NO/c1-6(5-8)3-2-4-7;1-2-7-5-3-4-6/h6H,2-3H2,1H3;2-3,5H2,1H3. The van der Waals surface area contributed by atoms with E-state index in [0.717, 1.165) is 0 Å². The van der Waals surface area contributed by atoms with Crippen LogP contribution < -0.4 is 0 Å². The van der Waals surface area contributed by atoms with Crippen LogP contribution in [-0.2, 0) is 4.74 Å². The molecular weight excluding hydrogens is 190 g/mol. The summed E-state index contributed by atoms with van der Waals surface area (Å²) in [6.07, 6.45) is 1.70. The highest BCUT2D eigenvalue weighted by molar-refractivity contribution is 4.82. The number of hydrogen-bond donors (Lipinski definition) is 0. The van der Waals surface area contributed by atoms with Crippen LogP contribution in [0.15, 0.2) is 0 Å². The molecule has 0 spiro atoms. The third-order valence-corrected chi connectivity index (χ3v) is 1.47. The van der Waals surface area contributed by atoms with Gasteiger partial charge in [-0.15, -0.1) is 0 Å². The Bertz CT molecular complexity index is 244. The lowest BCUT2D eigenvalue weighted by Crippen LogP contribution is -1.89. The Balaban J connectivity index is 0. The quantitative estimate of drug-likeness (QED) is 0.648. The highest BCUT2D eigenvalue weighted by Crippen LogP contribution is 2.00. The molecule has 1 unspecified atom stereocenters. The molecule has 0 N–H and O–H groups in total. The molecule has 0 rings (SSSR count). The molecule has 15 heavy (non-hydrogen) atoms. The van der Waals surface area contributed by atoms with E-state index in [2.05, 4.69) is 0 Å². The van der Waals surface area contributed by atoms with E-state index in [4.69, 9.17) is 20.5 Å². The molecule has 0 fully saturated rings. The van der Waals surface area contributed by atoms with Crippen molar-refractivity contribution < 1.29 is 4.74 Å². The minimum atomic E-state index is 0.0367. The molecule has 0 amide bonds. The molecule has 0 heterocycles. The van der Waals surface area contributed by atoms with Crippen LogP contribution in [0, 0.1) is 39.9 Å². The van der Waals surface area contributed by atoms with Gasteiger partial charge in [0.15, 0.2) is 0 Å². The monoisotopic (exact) mass is 207 g/mol. The van der Waals surface area contributed by atoms with E-state index in [1.807, 2.05) is 32.1 Å². The molecule has 0 aromatic rings. The van der Waals surface area contributed by atoms with Gasteiger partial charge >= 0.3 is 0 Å². The van der Waals surface area contributed by atoms with Crippen LogP contribution in [-0.4, -0.2) is 13.2 Å². The predicted octanol–water partition coefficient (Wildman–Crippen LogP) is 2.39. The number of hydrogen-bond acceptors (Lipinski definition) is 4. The van der Waals surface area contributed by atoms with Crippen molar-refractivity contribution in [1.29, 1.82) is 15.8 Å². The molecule has 0 aromatic carbocycles. The maximum absolute atomic E-state index is 8.20. The molecule has 0 aliphatic heterocycles. The average molecular weight is 207 g/mol. The van der Waals surface area contributed by atoms with Crippen molar-refractivity contribution in [2.75, 3.05) is 13.2 Å². The Morgan fingerprint density at radius 2 is 1.73 bits per heavy atom. The first kappa shape index (κ1) is 15.9. The summed E-state index contributed by atoms with van der Waals surface area (Å²) in [5.41, 5.74) is 0. The molecule has 0 saturated heterocycles. The fraction of sp³-hybridized carbons (Fsp3) is 0.727. The van der Waals surface area contributed by atoms with Crippen LogP contribution in [0.3, 0.4) is 0 Å². The van der Waals surface area contributed by atoms with Crippen LogP contribution in [0.25, 0.3) is 0 Å². The average Bonchev–Trinajstić information content (AvgIpc) is 2.27. The summed E-state index contributed by atoms with van der Waals surface area (Å²) in [7, 11) is 0. The summed E-state index contributed by atoms with van der Waals surface area (Å²) >= 11 is 0. The van der Waals surface area contributed by atoms with Crippen LogP contribution in [0.4, 0.5) is 0 Å². The van der Waals surface area contributed by atoms with E-state index in [1.54, 1.807) is 0 Å². The number of nitriles is 3. The lowest BCUT2D eigenvalue weighted by atomic mass is 10.1. The fourth-order valence-corrected chi connectivity index (χ4v) is 0.608. The first-order chi connectivity index (χ1) is 7.22. The third kappa shape index (κ3) is 19.0. The van der Waals surface area contributed by atoms with Gasteiger partial charge in [0.05, 0.1) is 31.2 Å². The van der Waals surface area contributed by atoms with Crippen molar-refractivity contribution >= 4 is 0 Å². The van der Waals surface area contributed by atoms with Gasteiger partial charge in [0.25, 0.3) is 0 Å². The van der Waals surface area contributed by atoms with E-state index in [0.29, 0.717) is 32.5 Å². The summed E-state index contributed by atoms with van der Waals surface area (Å²) in [6, 6.07) is 6.01. The molecule has 82 valence electrons. The molecule has 0 aliphatic rings. The van der Waals surface area contributed by atoms with Gasteiger partial charge in [-0.1, -0.05) is 0 Å². The molecule has 4 heteroatoms. The highest BCUT2D eigenvalue weighted by atomic mass is 16.5. The summed E-state index contributed by atoms with van der Waals surface area (Å²) in [5.74, 6) is 0.0367. The van der Waals surface area contributed by atoms with E-state index in [-0.39, 0.29) is 5.92 Å². The van der Waals surface area contributed by atoms with E-state index < -0.39 is 0 Å². The second kappa shape index (κ2) is 14.9. The van der Waals surface area contributed by atoms with Crippen molar-refractivity contribution in [3.63, 3.8) is 0 Å². The second-order valence-corrected chi connectivity index (χ2v) is 2.83. The first-order valence-electron chi connectivity index (χ1n) is 4.94. The van der Waals surface area contributed by atoms with Gasteiger partial charge in [0.1, 0.15) is 0 Å². The molecule has 0 radical (unpaired) electrons. The van der Waals surface area contributed by atoms with Gasteiger partial charge in [-0.2, -0.15) is 15.8 Å². The van der Waals surface area contributed by atoms with Crippen molar-refractivity contribution in [3.8, 4) is 18.2 Å². The maximum atomic E-state index is 8.20. The Morgan fingerprint density at radius 3 is 2.13 bits per heavy atom. The molecule has 4 nitrogen and oxygen atoms in total. The zero-order valence-corrected chi connectivity index (χ0v) is 9.36. The Morgan fingerprint density at radius 1 is 1.13 bits per heavy atom. The lowest BCUT2D eigenvalue weighted by Gasteiger charge is -1.91. The number of rotatable bonds is 5. The topological polar surface area (TPSA) is 80.6 Å². The molecule has 0 aliphatic carbocycles. The minimum Gasteiger partial charge on any atom is -0.381 e. The zero-order valence-electron chi connectivity index (χ0n) is 9.36. The molecule has 0 saturated carbocycles. The Kier molecular flexibility index (Phi) is 15.8. The smallest absolute Gasteiger partial charge is 0.0653 e. The van der Waals surface area contributed by atoms with Gasteiger partial charge in [0, 0.05) is 18.9 Å². The predicted molar refractivity (Wildman–Crippen MR) is 56.3 cm³/mol. The SMILES string of the molecule is CC(C#N)CCC#N.CCOCCC#N. The van der Waals surface area contributed by atoms with Crippen LogP contribution in [0.5, 0.6) is 0 Å². The summed E-state index contributed by atoms with van der Waals surface area (Å²) < 4.78 is 4.85. The van der Waals surface area contributed by atoms with Gasteiger partial charge in [-0.3, -0.25) is 0 Å². The van der Waals surface area contributed by atoms with Crippen molar-refractivity contribution in [2.45, 2.75) is 33.1 Å². The molecular formula is C11H17N3O. The number of nitrogens with zero attached hydrogens (tertiary/aromatic N) is 3. The molecule has 0 aromatic heterocycles.